The van der Waals surface area contributed by atoms with Gasteiger partial charge >= 0.3 is 0 Å². The number of benzene rings is 2. The highest BCUT2D eigenvalue weighted by molar-refractivity contribution is 6.05. The number of nitrogens with zero attached hydrogens (tertiary/aromatic N) is 3. The fourth-order valence-electron chi connectivity index (χ4n) is 2.70. The van der Waals surface area contributed by atoms with E-state index in [0.29, 0.717) is 17.4 Å². The maximum absolute atomic E-state index is 12.3. The molecule has 1 aromatic heterocycles. The molecule has 2 aromatic carbocycles. The molecule has 0 aliphatic rings. The van der Waals surface area contributed by atoms with Crippen LogP contribution in [0.5, 0.6) is 0 Å². The lowest BCUT2D eigenvalue weighted by atomic mass is 10.2. The van der Waals surface area contributed by atoms with Crippen molar-refractivity contribution in [3.8, 4) is 0 Å². The number of fused-ring (bicyclic) bond motifs is 1. The first-order valence-electron chi connectivity index (χ1n) is 8.23. The van der Waals surface area contributed by atoms with E-state index in [9.17, 15) is 14.9 Å². The third-order valence-electron chi connectivity index (χ3n) is 4.13. The van der Waals surface area contributed by atoms with E-state index in [4.69, 9.17) is 0 Å². The molecule has 0 aliphatic carbocycles. The van der Waals surface area contributed by atoms with Crippen molar-refractivity contribution in [3.05, 3.63) is 64.3 Å². The summed E-state index contributed by atoms with van der Waals surface area (Å²) in [5, 5.41) is 20.9. The molecule has 0 saturated carbocycles. The minimum atomic E-state index is -0.493. The summed E-state index contributed by atoms with van der Waals surface area (Å²) in [7, 11) is 2.00. The first kappa shape index (κ1) is 17.4. The van der Waals surface area contributed by atoms with E-state index >= 15 is 0 Å². The highest BCUT2D eigenvalue weighted by Gasteiger charge is 2.16. The Labute approximate surface area is 150 Å². The predicted octanol–water partition coefficient (Wildman–Crippen LogP) is 2.73. The largest absolute Gasteiger partial charge is 0.375 e. The number of nitro groups is 1. The van der Waals surface area contributed by atoms with Crippen LogP contribution in [0.2, 0.25) is 0 Å². The predicted molar refractivity (Wildman–Crippen MR) is 99.4 cm³/mol. The number of para-hydroxylation sites is 1. The number of carbonyl (C=O) groups is 1. The second-order valence-electron chi connectivity index (χ2n) is 5.93. The smallest absolute Gasteiger partial charge is 0.272 e. The molecular weight excluding hydrogens is 334 g/mol. The highest BCUT2D eigenvalue weighted by atomic mass is 16.6. The van der Waals surface area contributed by atoms with Gasteiger partial charge in [-0.25, -0.2) is 0 Å². The van der Waals surface area contributed by atoms with Crippen LogP contribution in [0.15, 0.2) is 48.5 Å². The molecule has 134 valence electrons. The van der Waals surface area contributed by atoms with E-state index in [1.165, 1.54) is 12.1 Å². The van der Waals surface area contributed by atoms with Crippen molar-refractivity contribution in [2.75, 3.05) is 25.0 Å². The number of anilines is 1. The number of aromatic nitrogens is 2. The molecule has 3 aromatic rings. The quantitative estimate of drug-likeness (QED) is 0.386. The number of H-pyrrole nitrogens is 1. The Morgan fingerprint density at radius 1 is 1.27 bits per heavy atom. The van der Waals surface area contributed by atoms with Gasteiger partial charge in [-0.1, -0.05) is 18.2 Å². The Kier molecular flexibility index (Phi) is 5.12. The van der Waals surface area contributed by atoms with Gasteiger partial charge in [0.25, 0.3) is 11.6 Å². The average molecular weight is 353 g/mol. The molecule has 0 spiro atoms. The zero-order valence-corrected chi connectivity index (χ0v) is 14.3. The molecule has 8 nitrogen and oxygen atoms in total. The highest BCUT2D eigenvalue weighted by Crippen LogP contribution is 2.22. The standard InChI is InChI=1S/C18H19N5O3/c1-22(13-6-3-2-4-7-13)11-5-10-19-18(24)17-15-12-14(23(25)26)8-9-16(15)20-21-17/h2-4,6-9,12H,5,10-11H2,1H3,(H,19,24)(H,20,21). The average Bonchev–Trinajstić information content (AvgIpc) is 3.08. The van der Waals surface area contributed by atoms with Gasteiger partial charge in [-0.3, -0.25) is 20.0 Å². The molecule has 1 amide bonds. The summed E-state index contributed by atoms with van der Waals surface area (Å²) in [6, 6.07) is 14.3. The molecule has 0 fully saturated rings. The van der Waals surface area contributed by atoms with Crippen LogP contribution in [0.25, 0.3) is 10.9 Å². The number of aromatic amines is 1. The lowest BCUT2D eigenvalue weighted by Crippen LogP contribution is -2.28. The van der Waals surface area contributed by atoms with E-state index in [1.54, 1.807) is 6.07 Å². The number of amides is 1. The van der Waals surface area contributed by atoms with Crippen LogP contribution in [0.1, 0.15) is 16.9 Å². The van der Waals surface area contributed by atoms with Gasteiger partial charge in [0.2, 0.25) is 0 Å². The number of rotatable bonds is 7. The number of carbonyl (C=O) groups excluding carboxylic acids is 1. The van der Waals surface area contributed by atoms with E-state index in [0.717, 1.165) is 18.7 Å². The van der Waals surface area contributed by atoms with E-state index < -0.39 is 4.92 Å². The SMILES string of the molecule is CN(CCCNC(=O)c1n[nH]c2ccc([N+](=O)[O-])cc12)c1ccccc1. The number of hydrogen-bond acceptors (Lipinski definition) is 5. The van der Waals surface area contributed by atoms with Crippen molar-refractivity contribution < 1.29 is 9.72 Å². The summed E-state index contributed by atoms with van der Waals surface area (Å²) < 4.78 is 0. The summed E-state index contributed by atoms with van der Waals surface area (Å²) in [5.74, 6) is -0.348. The van der Waals surface area contributed by atoms with Gasteiger partial charge < -0.3 is 10.2 Å². The molecule has 0 aliphatic heterocycles. The van der Waals surface area contributed by atoms with Crippen molar-refractivity contribution in [2.45, 2.75) is 6.42 Å². The van der Waals surface area contributed by atoms with E-state index in [-0.39, 0.29) is 17.3 Å². The first-order valence-corrected chi connectivity index (χ1v) is 8.23. The summed E-state index contributed by atoms with van der Waals surface area (Å²) >= 11 is 0. The van der Waals surface area contributed by atoms with Gasteiger partial charge in [-0.2, -0.15) is 5.10 Å². The molecule has 1 heterocycles. The lowest BCUT2D eigenvalue weighted by Gasteiger charge is -2.19. The van der Waals surface area contributed by atoms with Crippen molar-refractivity contribution in [1.82, 2.24) is 15.5 Å². The summed E-state index contributed by atoms with van der Waals surface area (Å²) in [6.07, 6.45) is 0.764. The summed E-state index contributed by atoms with van der Waals surface area (Å²) in [6.45, 7) is 1.27. The Morgan fingerprint density at radius 2 is 2.04 bits per heavy atom. The van der Waals surface area contributed by atoms with Crippen LogP contribution in [-0.4, -0.2) is 41.2 Å². The van der Waals surface area contributed by atoms with Gasteiger partial charge in [-0.05, 0) is 24.6 Å². The van der Waals surface area contributed by atoms with Crippen LogP contribution in [0.3, 0.4) is 0 Å². The Bertz CT molecular complexity index is 923. The summed E-state index contributed by atoms with van der Waals surface area (Å²) in [4.78, 5) is 24.9. The van der Waals surface area contributed by atoms with Gasteiger partial charge in [0, 0.05) is 43.3 Å². The number of hydrogen-bond donors (Lipinski definition) is 2. The van der Waals surface area contributed by atoms with E-state index in [2.05, 4.69) is 20.4 Å². The van der Waals surface area contributed by atoms with Crippen LogP contribution < -0.4 is 10.2 Å². The van der Waals surface area contributed by atoms with Gasteiger partial charge in [-0.15, -0.1) is 0 Å². The molecule has 3 rings (SSSR count). The van der Waals surface area contributed by atoms with Gasteiger partial charge in [0.15, 0.2) is 5.69 Å². The Balaban J connectivity index is 1.58. The molecule has 0 bridgehead atoms. The molecule has 0 radical (unpaired) electrons. The minimum absolute atomic E-state index is 0.0718. The molecule has 26 heavy (non-hydrogen) atoms. The minimum Gasteiger partial charge on any atom is -0.375 e. The first-order chi connectivity index (χ1) is 12.6. The van der Waals surface area contributed by atoms with Crippen LogP contribution in [0, 0.1) is 10.1 Å². The van der Waals surface area contributed by atoms with Crippen molar-refractivity contribution in [3.63, 3.8) is 0 Å². The maximum Gasteiger partial charge on any atom is 0.272 e. The van der Waals surface area contributed by atoms with Crippen molar-refractivity contribution >= 4 is 28.2 Å². The van der Waals surface area contributed by atoms with Crippen LogP contribution >= 0.6 is 0 Å². The Hall–Kier alpha value is -3.42. The zero-order chi connectivity index (χ0) is 18.5. The maximum atomic E-state index is 12.3. The molecule has 0 atom stereocenters. The number of nitrogens with one attached hydrogen (secondary N) is 2. The molecule has 8 heteroatoms. The second-order valence-corrected chi connectivity index (χ2v) is 5.93. The molecule has 2 N–H and O–H groups in total. The molecular formula is C18H19N5O3. The van der Waals surface area contributed by atoms with Gasteiger partial charge in [0.05, 0.1) is 10.4 Å². The fourth-order valence-corrected chi connectivity index (χ4v) is 2.70. The number of nitro benzene ring substituents is 1. The third kappa shape index (κ3) is 3.80. The molecule has 0 saturated heterocycles. The Morgan fingerprint density at radius 3 is 2.77 bits per heavy atom. The van der Waals surface area contributed by atoms with Crippen LogP contribution in [0.4, 0.5) is 11.4 Å². The van der Waals surface area contributed by atoms with Crippen molar-refractivity contribution in [1.29, 1.82) is 0 Å². The normalized spacial score (nSPS) is 10.7. The monoisotopic (exact) mass is 353 g/mol. The second kappa shape index (κ2) is 7.64. The zero-order valence-electron chi connectivity index (χ0n) is 14.3. The fraction of sp³-hybridized carbons (Fsp3) is 0.222. The summed E-state index contributed by atoms with van der Waals surface area (Å²) in [5.41, 5.74) is 1.80. The van der Waals surface area contributed by atoms with Crippen molar-refractivity contribution in [2.24, 2.45) is 0 Å². The topological polar surface area (TPSA) is 104 Å². The molecule has 0 unspecified atom stereocenters. The van der Waals surface area contributed by atoms with Gasteiger partial charge in [0.1, 0.15) is 0 Å². The van der Waals surface area contributed by atoms with E-state index in [1.807, 2.05) is 37.4 Å². The lowest BCUT2D eigenvalue weighted by molar-refractivity contribution is -0.384. The van der Waals surface area contributed by atoms with Crippen LogP contribution in [-0.2, 0) is 0 Å². The number of non-ortho nitro benzene ring substituents is 1. The third-order valence-corrected chi connectivity index (χ3v) is 4.13.